The van der Waals surface area contributed by atoms with Gasteiger partial charge < -0.3 is 14.4 Å². The maximum atomic E-state index is 9.34. The maximum absolute atomic E-state index is 9.34. The van der Waals surface area contributed by atoms with Crippen LogP contribution in [0.15, 0.2) is 42.5 Å². The highest BCUT2D eigenvalue weighted by Crippen LogP contribution is 2.22. The van der Waals surface area contributed by atoms with E-state index in [9.17, 15) is 5.11 Å². The number of nitrogens with zero attached hydrogens (tertiary/aromatic N) is 2. The number of imidazole rings is 1. The zero-order chi connectivity index (χ0) is 15.5. The zero-order valence-corrected chi connectivity index (χ0v) is 12.9. The topological polar surface area (TPSA) is 47.3 Å². The summed E-state index contributed by atoms with van der Waals surface area (Å²) in [5.41, 5.74) is 4.44. The molecule has 0 aliphatic rings. The van der Waals surface area contributed by atoms with Gasteiger partial charge in [-0.1, -0.05) is 18.2 Å². The highest BCUT2D eigenvalue weighted by Gasteiger charge is 2.12. The van der Waals surface area contributed by atoms with Crippen LogP contribution in [0.3, 0.4) is 0 Å². The maximum Gasteiger partial charge on any atom is 0.148 e. The van der Waals surface area contributed by atoms with Gasteiger partial charge in [-0.15, -0.1) is 0 Å². The second-order valence-electron chi connectivity index (χ2n) is 5.43. The van der Waals surface area contributed by atoms with E-state index in [1.807, 2.05) is 34.9 Å². The summed E-state index contributed by atoms with van der Waals surface area (Å²) in [6.07, 6.45) is 0. The van der Waals surface area contributed by atoms with Crippen LogP contribution in [0, 0.1) is 13.8 Å². The largest absolute Gasteiger partial charge is 0.486 e. The summed E-state index contributed by atoms with van der Waals surface area (Å²) < 4.78 is 7.84. The molecule has 1 N–H and O–H groups in total. The van der Waals surface area contributed by atoms with Crippen LogP contribution in [-0.2, 0) is 13.2 Å². The minimum atomic E-state index is 0.0801. The molecule has 0 aliphatic heterocycles. The van der Waals surface area contributed by atoms with Gasteiger partial charge >= 0.3 is 0 Å². The van der Waals surface area contributed by atoms with Crippen molar-refractivity contribution in [1.82, 2.24) is 9.55 Å². The van der Waals surface area contributed by atoms with Crippen LogP contribution in [0.1, 0.15) is 17.0 Å². The van der Waals surface area contributed by atoms with Gasteiger partial charge in [0.25, 0.3) is 0 Å². The number of rotatable bonds is 5. The van der Waals surface area contributed by atoms with E-state index in [1.54, 1.807) is 0 Å². The fourth-order valence-corrected chi connectivity index (χ4v) is 2.55. The van der Waals surface area contributed by atoms with Gasteiger partial charge in [0.15, 0.2) is 0 Å². The van der Waals surface area contributed by atoms with Crippen molar-refractivity contribution in [3.63, 3.8) is 0 Å². The fraction of sp³-hybridized carbons (Fsp3) is 0.278. The molecule has 4 heteroatoms. The van der Waals surface area contributed by atoms with E-state index in [1.165, 1.54) is 11.1 Å². The molecule has 1 aromatic heterocycles. The molecule has 0 saturated carbocycles. The summed E-state index contributed by atoms with van der Waals surface area (Å²) in [5.74, 6) is 1.65. The summed E-state index contributed by atoms with van der Waals surface area (Å²) in [6, 6.07) is 13.9. The number of aromatic nitrogens is 2. The summed E-state index contributed by atoms with van der Waals surface area (Å²) in [6.45, 7) is 5.16. The quantitative estimate of drug-likeness (QED) is 0.786. The minimum Gasteiger partial charge on any atom is -0.486 e. The summed E-state index contributed by atoms with van der Waals surface area (Å²) in [7, 11) is 0. The Balaban J connectivity index is 1.95. The Morgan fingerprint density at radius 1 is 1.09 bits per heavy atom. The summed E-state index contributed by atoms with van der Waals surface area (Å²) >= 11 is 0. The fourth-order valence-electron chi connectivity index (χ4n) is 2.55. The lowest BCUT2D eigenvalue weighted by Crippen LogP contribution is -2.09. The van der Waals surface area contributed by atoms with Crippen molar-refractivity contribution in [1.29, 1.82) is 0 Å². The van der Waals surface area contributed by atoms with E-state index >= 15 is 0 Å². The lowest BCUT2D eigenvalue weighted by atomic mass is 10.1. The number of hydrogen-bond donors (Lipinski definition) is 1. The van der Waals surface area contributed by atoms with Crippen molar-refractivity contribution in [2.45, 2.75) is 27.0 Å². The van der Waals surface area contributed by atoms with Crippen LogP contribution < -0.4 is 4.74 Å². The van der Waals surface area contributed by atoms with Gasteiger partial charge in [0, 0.05) is 6.54 Å². The number of para-hydroxylation sites is 1. The lowest BCUT2D eigenvalue weighted by molar-refractivity contribution is 0.260. The molecule has 4 nitrogen and oxygen atoms in total. The Bertz CT molecular complexity index is 779. The number of hydrogen-bond acceptors (Lipinski definition) is 3. The molecule has 1 heterocycles. The third-order valence-electron chi connectivity index (χ3n) is 3.88. The Morgan fingerprint density at radius 3 is 2.55 bits per heavy atom. The standard InChI is InChI=1S/C18H20N2O2/c1-13-10-16-17(11-14(13)2)20(8-9-21)18(19-16)12-22-15-6-4-3-5-7-15/h3-7,10-11,21H,8-9,12H2,1-2H3. The Hall–Kier alpha value is -2.33. The van der Waals surface area contributed by atoms with Crippen LogP contribution >= 0.6 is 0 Å². The molecule has 0 saturated heterocycles. The minimum absolute atomic E-state index is 0.0801. The highest BCUT2D eigenvalue weighted by atomic mass is 16.5. The molecular weight excluding hydrogens is 276 g/mol. The smallest absolute Gasteiger partial charge is 0.148 e. The average molecular weight is 296 g/mol. The van der Waals surface area contributed by atoms with E-state index in [0.29, 0.717) is 13.2 Å². The molecule has 3 rings (SSSR count). The first-order valence-corrected chi connectivity index (χ1v) is 7.44. The molecule has 114 valence electrons. The molecule has 0 spiro atoms. The van der Waals surface area contributed by atoms with Crippen molar-refractivity contribution in [3.8, 4) is 5.75 Å². The molecule has 0 unspecified atom stereocenters. The summed E-state index contributed by atoms with van der Waals surface area (Å²) in [4.78, 5) is 4.68. The Morgan fingerprint density at radius 2 is 1.82 bits per heavy atom. The first kappa shape index (κ1) is 14.6. The van der Waals surface area contributed by atoms with Crippen molar-refractivity contribution in [2.24, 2.45) is 0 Å². The van der Waals surface area contributed by atoms with Crippen molar-refractivity contribution < 1.29 is 9.84 Å². The number of fused-ring (bicyclic) bond motifs is 1. The van der Waals surface area contributed by atoms with Crippen LogP contribution in [-0.4, -0.2) is 21.3 Å². The van der Waals surface area contributed by atoms with Gasteiger partial charge in [-0.25, -0.2) is 4.98 Å². The van der Waals surface area contributed by atoms with Crippen molar-refractivity contribution in [2.75, 3.05) is 6.61 Å². The molecule has 22 heavy (non-hydrogen) atoms. The van der Waals surface area contributed by atoms with Gasteiger partial charge in [0.1, 0.15) is 18.2 Å². The third kappa shape index (κ3) is 2.83. The van der Waals surface area contributed by atoms with Gasteiger partial charge in [-0.3, -0.25) is 0 Å². The molecule has 3 aromatic rings. The first-order chi connectivity index (χ1) is 10.7. The predicted octanol–water partition coefficient (Wildman–Crippen LogP) is 3.22. The second-order valence-corrected chi connectivity index (χ2v) is 5.43. The SMILES string of the molecule is Cc1cc2nc(COc3ccccc3)n(CCO)c2cc1C. The van der Waals surface area contributed by atoms with Crippen LogP contribution in [0.5, 0.6) is 5.75 Å². The number of benzene rings is 2. The van der Waals surface area contributed by atoms with E-state index < -0.39 is 0 Å². The van der Waals surface area contributed by atoms with Gasteiger partial charge in [-0.05, 0) is 49.2 Å². The zero-order valence-electron chi connectivity index (χ0n) is 12.9. The molecule has 0 bridgehead atoms. The normalized spacial score (nSPS) is 11.0. The van der Waals surface area contributed by atoms with Gasteiger partial charge in [0.05, 0.1) is 17.6 Å². The predicted molar refractivity (Wildman–Crippen MR) is 87.1 cm³/mol. The van der Waals surface area contributed by atoms with E-state index in [4.69, 9.17) is 4.74 Å². The number of aryl methyl sites for hydroxylation is 2. The highest BCUT2D eigenvalue weighted by molar-refractivity contribution is 5.78. The average Bonchev–Trinajstić information content (AvgIpc) is 2.84. The monoisotopic (exact) mass is 296 g/mol. The molecule has 0 aliphatic carbocycles. The van der Waals surface area contributed by atoms with E-state index in [-0.39, 0.29) is 6.61 Å². The number of aliphatic hydroxyl groups is 1. The van der Waals surface area contributed by atoms with Gasteiger partial charge in [0.2, 0.25) is 0 Å². The lowest BCUT2D eigenvalue weighted by Gasteiger charge is -2.09. The Labute approximate surface area is 130 Å². The van der Waals surface area contributed by atoms with Crippen LogP contribution in [0.2, 0.25) is 0 Å². The first-order valence-electron chi connectivity index (χ1n) is 7.44. The number of ether oxygens (including phenoxy) is 1. The van der Waals surface area contributed by atoms with Crippen LogP contribution in [0.4, 0.5) is 0 Å². The molecule has 2 aromatic carbocycles. The second kappa shape index (κ2) is 6.20. The van der Waals surface area contributed by atoms with Crippen molar-refractivity contribution in [3.05, 3.63) is 59.4 Å². The number of aliphatic hydroxyl groups excluding tert-OH is 1. The van der Waals surface area contributed by atoms with E-state index in [0.717, 1.165) is 22.6 Å². The summed E-state index contributed by atoms with van der Waals surface area (Å²) in [5, 5.41) is 9.34. The van der Waals surface area contributed by atoms with Crippen molar-refractivity contribution >= 4 is 11.0 Å². The third-order valence-corrected chi connectivity index (χ3v) is 3.88. The molecule has 0 atom stereocenters. The molecular formula is C18H20N2O2. The molecule has 0 amide bonds. The Kier molecular flexibility index (Phi) is 4.11. The molecule has 0 radical (unpaired) electrons. The van der Waals surface area contributed by atoms with Crippen LogP contribution in [0.25, 0.3) is 11.0 Å². The van der Waals surface area contributed by atoms with E-state index in [2.05, 4.69) is 31.0 Å². The van der Waals surface area contributed by atoms with Gasteiger partial charge in [-0.2, -0.15) is 0 Å². The molecule has 0 fully saturated rings.